The van der Waals surface area contributed by atoms with E-state index in [1.807, 2.05) is 24.3 Å². The second-order valence-electron chi connectivity index (χ2n) is 5.37. The zero-order valence-corrected chi connectivity index (χ0v) is 14.3. The zero-order chi connectivity index (χ0) is 17.6. The highest BCUT2D eigenvalue weighted by atomic mass is 35.5. The number of rotatable bonds is 5. The SMILES string of the molecule is COc1cccc(Cn2cc(NC(=O)Nc3cccc(Cl)c3)cn2)c1. The van der Waals surface area contributed by atoms with Gasteiger partial charge in [-0.25, -0.2) is 4.79 Å². The van der Waals surface area contributed by atoms with Crippen molar-refractivity contribution < 1.29 is 9.53 Å². The van der Waals surface area contributed by atoms with E-state index in [9.17, 15) is 4.79 Å². The molecule has 128 valence electrons. The predicted octanol–water partition coefficient (Wildman–Crippen LogP) is 4.24. The number of ether oxygens (including phenoxy) is 1. The van der Waals surface area contributed by atoms with Crippen molar-refractivity contribution in [2.45, 2.75) is 6.54 Å². The number of anilines is 2. The summed E-state index contributed by atoms with van der Waals surface area (Å²) in [6, 6.07) is 14.3. The molecule has 6 nitrogen and oxygen atoms in total. The zero-order valence-electron chi connectivity index (χ0n) is 13.6. The fraction of sp³-hybridized carbons (Fsp3) is 0.111. The number of urea groups is 1. The summed E-state index contributed by atoms with van der Waals surface area (Å²) in [4.78, 5) is 12.0. The molecule has 0 saturated heterocycles. The number of hydrogen-bond acceptors (Lipinski definition) is 3. The first kappa shape index (κ1) is 16.9. The summed E-state index contributed by atoms with van der Waals surface area (Å²) in [5.74, 6) is 0.795. The molecule has 0 aliphatic heterocycles. The Hall–Kier alpha value is -2.99. The molecule has 1 heterocycles. The molecule has 1 aromatic heterocycles. The largest absolute Gasteiger partial charge is 0.497 e. The van der Waals surface area contributed by atoms with Crippen LogP contribution in [0.2, 0.25) is 5.02 Å². The molecule has 0 saturated carbocycles. The molecule has 25 heavy (non-hydrogen) atoms. The van der Waals surface area contributed by atoms with E-state index in [0.29, 0.717) is 22.9 Å². The summed E-state index contributed by atoms with van der Waals surface area (Å²) in [6.45, 7) is 0.578. The number of carbonyl (C=O) groups is 1. The highest BCUT2D eigenvalue weighted by Gasteiger charge is 2.06. The van der Waals surface area contributed by atoms with Gasteiger partial charge in [-0.3, -0.25) is 4.68 Å². The van der Waals surface area contributed by atoms with E-state index in [-0.39, 0.29) is 6.03 Å². The summed E-state index contributed by atoms with van der Waals surface area (Å²) < 4.78 is 6.95. The summed E-state index contributed by atoms with van der Waals surface area (Å²) in [6.07, 6.45) is 3.36. The lowest BCUT2D eigenvalue weighted by Gasteiger charge is -2.06. The maximum atomic E-state index is 12.0. The van der Waals surface area contributed by atoms with Crippen LogP contribution >= 0.6 is 11.6 Å². The van der Waals surface area contributed by atoms with Crippen LogP contribution in [0.15, 0.2) is 60.9 Å². The van der Waals surface area contributed by atoms with Crippen LogP contribution in [0, 0.1) is 0 Å². The number of nitrogens with one attached hydrogen (secondary N) is 2. The summed E-state index contributed by atoms with van der Waals surface area (Å²) in [5.41, 5.74) is 2.27. The molecule has 0 aliphatic carbocycles. The quantitative estimate of drug-likeness (QED) is 0.718. The van der Waals surface area contributed by atoms with Crippen molar-refractivity contribution in [2.24, 2.45) is 0 Å². The fourth-order valence-electron chi connectivity index (χ4n) is 2.33. The van der Waals surface area contributed by atoms with Crippen molar-refractivity contribution >= 4 is 29.0 Å². The van der Waals surface area contributed by atoms with Gasteiger partial charge in [0, 0.05) is 16.9 Å². The Morgan fingerprint density at radius 2 is 1.96 bits per heavy atom. The van der Waals surface area contributed by atoms with Gasteiger partial charge in [-0.05, 0) is 35.9 Å². The van der Waals surface area contributed by atoms with E-state index >= 15 is 0 Å². The molecule has 0 fully saturated rings. The lowest BCUT2D eigenvalue weighted by atomic mass is 10.2. The third-order valence-corrected chi connectivity index (χ3v) is 3.69. The average Bonchev–Trinajstić information content (AvgIpc) is 3.01. The Balaban J connectivity index is 1.60. The van der Waals surface area contributed by atoms with Crippen molar-refractivity contribution in [3.8, 4) is 5.75 Å². The van der Waals surface area contributed by atoms with Gasteiger partial charge in [0.1, 0.15) is 5.75 Å². The lowest BCUT2D eigenvalue weighted by Crippen LogP contribution is -2.19. The minimum atomic E-state index is -0.358. The highest BCUT2D eigenvalue weighted by molar-refractivity contribution is 6.30. The maximum absolute atomic E-state index is 12.0. The number of methoxy groups -OCH3 is 1. The number of aromatic nitrogens is 2. The first-order chi connectivity index (χ1) is 12.1. The van der Waals surface area contributed by atoms with Gasteiger partial charge in [0.2, 0.25) is 0 Å². The highest BCUT2D eigenvalue weighted by Crippen LogP contribution is 2.16. The van der Waals surface area contributed by atoms with Crippen LogP contribution in [-0.2, 0) is 6.54 Å². The smallest absolute Gasteiger partial charge is 0.323 e. The van der Waals surface area contributed by atoms with Gasteiger partial charge in [-0.15, -0.1) is 0 Å². The lowest BCUT2D eigenvalue weighted by molar-refractivity contribution is 0.262. The topological polar surface area (TPSA) is 68.2 Å². The summed E-state index contributed by atoms with van der Waals surface area (Å²) in [5, 5.41) is 10.3. The van der Waals surface area contributed by atoms with Crippen LogP contribution in [0.25, 0.3) is 0 Å². The van der Waals surface area contributed by atoms with Crippen molar-refractivity contribution in [3.63, 3.8) is 0 Å². The van der Waals surface area contributed by atoms with Crippen LogP contribution in [0.5, 0.6) is 5.75 Å². The second-order valence-corrected chi connectivity index (χ2v) is 5.80. The van der Waals surface area contributed by atoms with Crippen molar-refractivity contribution in [1.82, 2.24) is 9.78 Å². The second kappa shape index (κ2) is 7.72. The normalized spacial score (nSPS) is 10.3. The van der Waals surface area contributed by atoms with Crippen molar-refractivity contribution in [1.29, 1.82) is 0 Å². The van der Waals surface area contributed by atoms with Crippen molar-refractivity contribution in [3.05, 3.63) is 71.5 Å². The molecule has 3 rings (SSSR count). The Morgan fingerprint density at radius 3 is 2.76 bits per heavy atom. The van der Waals surface area contributed by atoms with Crippen LogP contribution in [0.4, 0.5) is 16.2 Å². The first-order valence-corrected chi connectivity index (χ1v) is 7.99. The average molecular weight is 357 g/mol. The molecule has 0 atom stereocenters. The summed E-state index contributed by atoms with van der Waals surface area (Å²) >= 11 is 5.90. The molecule has 0 radical (unpaired) electrons. The summed E-state index contributed by atoms with van der Waals surface area (Å²) in [7, 11) is 1.63. The molecule has 0 bridgehead atoms. The molecule has 0 spiro atoms. The van der Waals surface area contributed by atoms with Gasteiger partial charge in [0.05, 0.1) is 25.5 Å². The molecule has 3 aromatic rings. The monoisotopic (exact) mass is 356 g/mol. The molecule has 2 N–H and O–H groups in total. The minimum absolute atomic E-state index is 0.358. The molecular formula is C18H17ClN4O2. The molecule has 7 heteroatoms. The Labute approximate surface area is 150 Å². The van der Waals surface area contributed by atoms with Crippen LogP contribution in [-0.4, -0.2) is 22.9 Å². The van der Waals surface area contributed by atoms with E-state index < -0.39 is 0 Å². The van der Waals surface area contributed by atoms with Gasteiger partial charge >= 0.3 is 6.03 Å². The van der Waals surface area contributed by atoms with Gasteiger partial charge in [-0.1, -0.05) is 29.8 Å². The predicted molar refractivity (Wildman–Crippen MR) is 98.4 cm³/mol. The molecule has 2 amide bonds. The number of benzene rings is 2. The third-order valence-electron chi connectivity index (χ3n) is 3.45. The van der Waals surface area contributed by atoms with Gasteiger partial charge in [-0.2, -0.15) is 5.10 Å². The van der Waals surface area contributed by atoms with E-state index in [2.05, 4.69) is 15.7 Å². The Morgan fingerprint density at radius 1 is 1.16 bits per heavy atom. The van der Waals surface area contributed by atoms with E-state index in [4.69, 9.17) is 16.3 Å². The maximum Gasteiger partial charge on any atom is 0.323 e. The molecule has 0 aliphatic rings. The Bertz CT molecular complexity index is 879. The number of carbonyl (C=O) groups excluding carboxylic acids is 1. The van der Waals surface area contributed by atoms with Gasteiger partial charge in [0.25, 0.3) is 0 Å². The Kier molecular flexibility index (Phi) is 5.20. The van der Waals surface area contributed by atoms with Gasteiger partial charge in [0.15, 0.2) is 0 Å². The van der Waals surface area contributed by atoms with Crippen LogP contribution in [0.3, 0.4) is 0 Å². The number of amides is 2. The number of nitrogens with zero attached hydrogens (tertiary/aromatic N) is 2. The standard InChI is InChI=1S/C18H17ClN4O2/c1-25-17-7-2-4-13(8-17)11-23-12-16(10-20-23)22-18(24)21-15-6-3-5-14(19)9-15/h2-10,12H,11H2,1H3,(H2,21,22,24). The third kappa shape index (κ3) is 4.74. The fourth-order valence-corrected chi connectivity index (χ4v) is 2.52. The number of halogens is 1. The minimum Gasteiger partial charge on any atom is -0.497 e. The number of hydrogen-bond donors (Lipinski definition) is 2. The van der Waals surface area contributed by atoms with E-state index in [1.165, 1.54) is 0 Å². The molecular weight excluding hydrogens is 340 g/mol. The molecule has 2 aromatic carbocycles. The van der Waals surface area contributed by atoms with Crippen LogP contribution < -0.4 is 15.4 Å². The van der Waals surface area contributed by atoms with Gasteiger partial charge < -0.3 is 15.4 Å². The first-order valence-electron chi connectivity index (χ1n) is 7.61. The van der Waals surface area contributed by atoms with Crippen molar-refractivity contribution in [2.75, 3.05) is 17.7 Å². The van der Waals surface area contributed by atoms with Crippen LogP contribution in [0.1, 0.15) is 5.56 Å². The molecule has 0 unspecified atom stereocenters. The van der Waals surface area contributed by atoms with E-state index in [1.54, 1.807) is 48.5 Å². The van der Waals surface area contributed by atoms with E-state index in [0.717, 1.165) is 11.3 Å².